The van der Waals surface area contributed by atoms with Crippen molar-refractivity contribution in [3.63, 3.8) is 0 Å². The highest BCUT2D eigenvalue weighted by Crippen LogP contribution is 2.29. The van der Waals surface area contributed by atoms with Crippen LogP contribution in [0.25, 0.3) is 0 Å². The number of hydrogen-bond acceptors (Lipinski definition) is 3. The Balaban J connectivity index is 1.55. The summed E-state index contributed by atoms with van der Waals surface area (Å²) in [4.78, 5) is 5.04. The van der Waals surface area contributed by atoms with E-state index in [1.165, 1.54) is 11.1 Å². The fourth-order valence-electron chi connectivity index (χ4n) is 4.30. The van der Waals surface area contributed by atoms with Crippen molar-refractivity contribution in [2.24, 2.45) is 0 Å². The quantitative estimate of drug-likeness (QED) is 0.911. The minimum Gasteiger partial charge on any atom is -0.392 e. The number of hydrogen-bond donors (Lipinski definition) is 1. The van der Waals surface area contributed by atoms with E-state index in [0.717, 1.165) is 44.0 Å². The molecule has 0 spiro atoms. The van der Waals surface area contributed by atoms with Gasteiger partial charge in [-0.25, -0.2) is 0 Å². The lowest BCUT2D eigenvalue weighted by Gasteiger charge is -2.44. The van der Waals surface area contributed by atoms with Crippen molar-refractivity contribution in [3.05, 3.63) is 70.7 Å². The second-order valence-corrected chi connectivity index (χ2v) is 7.77. The molecule has 2 aromatic carbocycles. The van der Waals surface area contributed by atoms with Crippen LogP contribution in [0.5, 0.6) is 0 Å². The fourth-order valence-corrected chi connectivity index (χ4v) is 4.49. The molecule has 0 aliphatic carbocycles. The van der Waals surface area contributed by atoms with Crippen molar-refractivity contribution in [1.29, 1.82) is 0 Å². The maximum Gasteiger partial charge on any atom is 0.0682 e. The third kappa shape index (κ3) is 3.90. The average molecular weight is 357 g/mol. The zero-order chi connectivity index (χ0) is 17.2. The minimum absolute atomic E-state index is 0.178. The van der Waals surface area contributed by atoms with Gasteiger partial charge in [0.2, 0.25) is 0 Å². The molecule has 2 heterocycles. The first kappa shape index (κ1) is 17.0. The molecule has 0 bridgehead atoms. The standard InChI is InChI=1S/C21H25ClN2O/c22-21-9-5-4-8-17(21)12-23-14-19-11-20(25)15-24(19)13-18(23)10-16-6-2-1-3-7-16/h1-9,18-20,25H,10-15H2/t18-,19-,20+/m0/s1. The molecule has 0 radical (unpaired) electrons. The summed E-state index contributed by atoms with van der Waals surface area (Å²) in [6.45, 7) is 3.70. The third-order valence-electron chi connectivity index (χ3n) is 5.56. The van der Waals surface area contributed by atoms with E-state index in [0.29, 0.717) is 12.1 Å². The number of aliphatic hydroxyl groups is 1. The summed E-state index contributed by atoms with van der Waals surface area (Å²) in [5.74, 6) is 0. The molecule has 2 saturated heterocycles. The first-order chi connectivity index (χ1) is 12.2. The number of benzene rings is 2. The number of rotatable bonds is 4. The molecule has 4 heteroatoms. The molecule has 2 aliphatic rings. The van der Waals surface area contributed by atoms with Gasteiger partial charge in [-0.05, 0) is 30.0 Å². The Morgan fingerprint density at radius 3 is 2.52 bits per heavy atom. The van der Waals surface area contributed by atoms with Gasteiger partial charge in [0.1, 0.15) is 0 Å². The maximum atomic E-state index is 10.1. The van der Waals surface area contributed by atoms with Gasteiger partial charge in [-0.2, -0.15) is 0 Å². The van der Waals surface area contributed by atoms with Gasteiger partial charge < -0.3 is 5.11 Å². The SMILES string of the molecule is O[C@@H]1C[C@H]2CN(Cc3ccccc3Cl)[C@@H](Cc3ccccc3)CN2C1. The maximum absolute atomic E-state index is 10.1. The predicted octanol–water partition coefficient (Wildman–Crippen LogP) is 3.20. The van der Waals surface area contributed by atoms with Crippen LogP contribution in [0.4, 0.5) is 0 Å². The van der Waals surface area contributed by atoms with Gasteiger partial charge in [0.05, 0.1) is 6.10 Å². The monoisotopic (exact) mass is 356 g/mol. The number of fused-ring (bicyclic) bond motifs is 1. The lowest BCUT2D eigenvalue weighted by Crippen LogP contribution is -2.56. The summed E-state index contributed by atoms with van der Waals surface area (Å²) in [5, 5.41) is 10.9. The minimum atomic E-state index is -0.178. The van der Waals surface area contributed by atoms with Crippen molar-refractivity contribution < 1.29 is 5.11 Å². The zero-order valence-electron chi connectivity index (χ0n) is 14.4. The molecule has 3 nitrogen and oxygen atoms in total. The topological polar surface area (TPSA) is 26.7 Å². The normalized spacial score (nSPS) is 27.4. The molecule has 2 aromatic rings. The molecule has 2 aliphatic heterocycles. The Kier molecular flexibility index (Phi) is 5.09. The van der Waals surface area contributed by atoms with E-state index >= 15 is 0 Å². The van der Waals surface area contributed by atoms with Gasteiger partial charge in [-0.15, -0.1) is 0 Å². The Morgan fingerprint density at radius 1 is 0.960 bits per heavy atom. The van der Waals surface area contributed by atoms with Gasteiger partial charge in [0.25, 0.3) is 0 Å². The predicted molar refractivity (Wildman–Crippen MR) is 102 cm³/mol. The van der Waals surface area contributed by atoms with E-state index < -0.39 is 0 Å². The molecule has 25 heavy (non-hydrogen) atoms. The molecular formula is C21H25ClN2O. The van der Waals surface area contributed by atoms with E-state index in [1.807, 2.05) is 12.1 Å². The number of nitrogens with zero attached hydrogens (tertiary/aromatic N) is 2. The summed E-state index contributed by atoms with van der Waals surface area (Å²) >= 11 is 6.41. The van der Waals surface area contributed by atoms with E-state index in [9.17, 15) is 5.11 Å². The molecule has 3 atom stereocenters. The summed E-state index contributed by atoms with van der Waals surface area (Å²) in [6, 6.07) is 19.7. The smallest absolute Gasteiger partial charge is 0.0682 e. The van der Waals surface area contributed by atoms with Crippen molar-refractivity contribution in [2.75, 3.05) is 19.6 Å². The van der Waals surface area contributed by atoms with Gasteiger partial charge >= 0.3 is 0 Å². The molecule has 0 unspecified atom stereocenters. The molecule has 132 valence electrons. The molecule has 0 saturated carbocycles. The fraction of sp³-hybridized carbons (Fsp3) is 0.429. The summed E-state index contributed by atoms with van der Waals surface area (Å²) in [5.41, 5.74) is 2.56. The molecular weight excluding hydrogens is 332 g/mol. The van der Waals surface area contributed by atoms with Crippen LogP contribution in [0.2, 0.25) is 5.02 Å². The lowest BCUT2D eigenvalue weighted by atomic mass is 9.99. The Labute approximate surface area is 154 Å². The Morgan fingerprint density at radius 2 is 1.72 bits per heavy atom. The first-order valence-electron chi connectivity index (χ1n) is 9.12. The lowest BCUT2D eigenvalue weighted by molar-refractivity contribution is 0.0445. The second-order valence-electron chi connectivity index (χ2n) is 7.36. The van der Waals surface area contributed by atoms with Crippen LogP contribution in [0.15, 0.2) is 54.6 Å². The molecule has 0 amide bonds. The Hall–Kier alpha value is -1.39. The highest BCUT2D eigenvalue weighted by Gasteiger charge is 2.39. The van der Waals surface area contributed by atoms with Crippen LogP contribution in [0.1, 0.15) is 17.5 Å². The van der Waals surface area contributed by atoms with Crippen LogP contribution in [-0.2, 0) is 13.0 Å². The van der Waals surface area contributed by atoms with Gasteiger partial charge in [-0.1, -0.05) is 60.1 Å². The van der Waals surface area contributed by atoms with Crippen molar-refractivity contribution in [2.45, 2.75) is 37.6 Å². The van der Waals surface area contributed by atoms with E-state index in [-0.39, 0.29) is 6.10 Å². The van der Waals surface area contributed by atoms with Crippen LogP contribution in [0.3, 0.4) is 0 Å². The molecule has 2 fully saturated rings. The summed E-state index contributed by atoms with van der Waals surface area (Å²) < 4.78 is 0. The van der Waals surface area contributed by atoms with Crippen molar-refractivity contribution in [1.82, 2.24) is 9.80 Å². The Bertz CT molecular complexity index is 708. The largest absolute Gasteiger partial charge is 0.392 e. The summed E-state index contributed by atoms with van der Waals surface area (Å²) in [7, 11) is 0. The third-order valence-corrected chi connectivity index (χ3v) is 5.93. The van der Waals surface area contributed by atoms with Gasteiger partial charge in [0.15, 0.2) is 0 Å². The van der Waals surface area contributed by atoms with Crippen LogP contribution in [0, 0.1) is 0 Å². The average Bonchev–Trinajstić information content (AvgIpc) is 2.97. The number of halogens is 1. The highest BCUT2D eigenvalue weighted by molar-refractivity contribution is 6.31. The van der Waals surface area contributed by atoms with E-state index in [2.05, 4.69) is 52.3 Å². The van der Waals surface area contributed by atoms with Crippen molar-refractivity contribution in [3.8, 4) is 0 Å². The van der Waals surface area contributed by atoms with Crippen molar-refractivity contribution >= 4 is 11.6 Å². The van der Waals surface area contributed by atoms with Crippen LogP contribution in [-0.4, -0.2) is 52.7 Å². The highest BCUT2D eigenvalue weighted by atomic mass is 35.5. The first-order valence-corrected chi connectivity index (χ1v) is 9.50. The number of aliphatic hydroxyl groups excluding tert-OH is 1. The van der Waals surface area contributed by atoms with Gasteiger partial charge in [0, 0.05) is 43.3 Å². The van der Waals surface area contributed by atoms with Crippen LogP contribution < -0.4 is 0 Å². The molecule has 4 rings (SSSR count). The van der Waals surface area contributed by atoms with E-state index in [1.54, 1.807) is 0 Å². The van der Waals surface area contributed by atoms with Crippen LogP contribution >= 0.6 is 11.6 Å². The molecule has 0 aromatic heterocycles. The molecule has 1 N–H and O–H groups in total. The zero-order valence-corrected chi connectivity index (χ0v) is 15.1. The van der Waals surface area contributed by atoms with E-state index in [4.69, 9.17) is 11.6 Å². The summed E-state index contributed by atoms with van der Waals surface area (Å²) in [6.07, 6.45) is 1.74. The number of piperazine rings is 1. The second kappa shape index (κ2) is 7.46. The van der Waals surface area contributed by atoms with Gasteiger partial charge in [-0.3, -0.25) is 9.80 Å².